The van der Waals surface area contributed by atoms with Crippen LogP contribution in [0.2, 0.25) is 0 Å². The largest absolute Gasteiger partial charge is 0.756 e. The van der Waals surface area contributed by atoms with Crippen molar-refractivity contribution in [3.05, 3.63) is 24.3 Å². The van der Waals surface area contributed by atoms with Crippen molar-refractivity contribution in [3.8, 4) is 0 Å². The van der Waals surface area contributed by atoms with Gasteiger partial charge in [0.2, 0.25) is 5.91 Å². The van der Waals surface area contributed by atoms with Gasteiger partial charge in [0.1, 0.15) is 13.2 Å². The Hall–Kier alpha value is -1.02. The highest BCUT2D eigenvalue weighted by Gasteiger charge is 2.23. The van der Waals surface area contributed by atoms with E-state index in [1.165, 1.54) is 263 Å². The van der Waals surface area contributed by atoms with E-state index in [9.17, 15) is 19.4 Å². The lowest BCUT2D eigenvalue weighted by molar-refractivity contribution is -0.870. The number of likely N-dealkylation sites (N-methyl/N-ethyl adjacent to an activating group) is 1. The Kier molecular flexibility index (Phi) is 54.0. The van der Waals surface area contributed by atoms with Crippen molar-refractivity contribution in [2.45, 2.75) is 334 Å². The summed E-state index contributed by atoms with van der Waals surface area (Å²) in [5, 5.41) is 13.9. The molecular formula is C63H125N2O6P. The summed E-state index contributed by atoms with van der Waals surface area (Å²) in [5.74, 6) is -0.199. The highest BCUT2D eigenvalue weighted by molar-refractivity contribution is 7.45. The standard InChI is InChI=1S/C63H125N2O6P/c1-6-8-10-12-14-16-18-20-22-24-26-28-30-32-34-36-38-40-42-44-46-48-50-52-54-56-62(66)61(60-71-72(68,69)70-59-58-65(3,4)5)64-63(67)57-55-53-51-49-47-45-43-41-39-37-35-33-31-29-27-25-23-21-19-17-15-13-11-9-7-2/h46,48,54,56,61-62,66H,6-45,47,49-53,55,57-60H2,1-5H3,(H-,64,67,68,69)/b48-46+,56-54+. The zero-order valence-electron chi connectivity index (χ0n) is 48.9. The van der Waals surface area contributed by atoms with Gasteiger partial charge < -0.3 is 28.8 Å². The number of nitrogens with zero attached hydrogens (tertiary/aromatic N) is 1. The Morgan fingerprint density at radius 1 is 0.472 bits per heavy atom. The number of hydrogen-bond acceptors (Lipinski definition) is 6. The van der Waals surface area contributed by atoms with E-state index in [1.807, 2.05) is 27.2 Å². The third kappa shape index (κ3) is 56.7. The molecule has 3 unspecified atom stereocenters. The Bertz CT molecular complexity index is 1220. The van der Waals surface area contributed by atoms with E-state index in [4.69, 9.17) is 9.05 Å². The summed E-state index contributed by atoms with van der Waals surface area (Å²) >= 11 is 0. The lowest BCUT2D eigenvalue weighted by Crippen LogP contribution is -2.45. The van der Waals surface area contributed by atoms with Crippen LogP contribution in [0.1, 0.15) is 322 Å². The monoisotopic (exact) mass is 1040 g/mol. The zero-order chi connectivity index (χ0) is 52.7. The van der Waals surface area contributed by atoms with E-state index >= 15 is 0 Å². The van der Waals surface area contributed by atoms with E-state index in [0.29, 0.717) is 17.4 Å². The van der Waals surface area contributed by atoms with Crippen molar-refractivity contribution in [1.82, 2.24) is 5.32 Å². The van der Waals surface area contributed by atoms with Gasteiger partial charge in [-0.1, -0.05) is 308 Å². The summed E-state index contributed by atoms with van der Waals surface area (Å²) in [6.07, 6.45) is 69.9. The Morgan fingerprint density at radius 3 is 1.12 bits per heavy atom. The second-order valence-corrected chi connectivity index (χ2v) is 24.5. The molecule has 0 radical (unpaired) electrons. The predicted molar refractivity (Wildman–Crippen MR) is 312 cm³/mol. The molecule has 0 aromatic carbocycles. The van der Waals surface area contributed by atoms with Gasteiger partial charge in [-0.05, 0) is 32.1 Å². The number of quaternary nitrogens is 1. The fourth-order valence-electron chi connectivity index (χ4n) is 9.70. The van der Waals surface area contributed by atoms with Crippen molar-refractivity contribution in [3.63, 3.8) is 0 Å². The van der Waals surface area contributed by atoms with Gasteiger partial charge in [0.15, 0.2) is 0 Å². The molecule has 0 aromatic heterocycles. The number of allylic oxidation sites excluding steroid dienone is 3. The minimum atomic E-state index is -4.61. The first-order chi connectivity index (χ1) is 35.0. The first-order valence-corrected chi connectivity index (χ1v) is 33.2. The maximum absolute atomic E-state index is 13.0. The van der Waals surface area contributed by atoms with Gasteiger partial charge in [-0.25, -0.2) is 0 Å². The number of carbonyl (C=O) groups excluding carboxylic acids is 1. The van der Waals surface area contributed by atoms with Crippen LogP contribution < -0.4 is 10.2 Å². The van der Waals surface area contributed by atoms with Gasteiger partial charge in [0.05, 0.1) is 39.9 Å². The molecule has 8 nitrogen and oxygen atoms in total. The van der Waals surface area contributed by atoms with Crippen molar-refractivity contribution < 1.29 is 32.9 Å². The molecule has 72 heavy (non-hydrogen) atoms. The smallest absolute Gasteiger partial charge is 0.268 e. The molecule has 0 spiro atoms. The molecule has 9 heteroatoms. The molecule has 0 aliphatic carbocycles. The lowest BCUT2D eigenvalue weighted by atomic mass is 10.0. The van der Waals surface area contributed by atoms with Gasteiger partial charge in [0.25, 0.3) is 7.82 Å². The quantitative estimate of drug-likeness (QED) is 0.0272. The molecule has 0 bridgehead atoms. The van der Waals surface area contributed by atoms with Crippen LogP contribution in [0.3, 0.4) is 0 Å². The second kappa shape index (κ2) is 54.8. The number of hydrogen-bond donors (Lipinski definition) is 2. The fourth-order valence-corrected chi connectivity index (χ4v) is 10.4. The van der Waals surface area contributed by atoms with E-state index in [0.717, 1.165) is 38.5 Å². The summed E-state index contributed by atoms with van der Waals surface area (Å²) < 4.78 is 23.4. The number of nitrogens with one attached hydrogen (secondary N) is 1. The third-order valence-electron chi connectivity index (χ3n) is 14.7. The van der Waals surface area contributed by atoms with Crippen LogP contribution in [-0.2, 0) is 18.4 Å². The van der Waals surface area contributed by atoms with Gasteiger partial charge in [0, 0.05) is 6.42 Å². The third-order valence-corrected chi connectivity index (χ3v) is 15.6. The van der Waals surface area contributed by atoms with Crippen LogP contribution in [-0.4, -0.2) is 68.5 Å². The lowest BCUT2D eigenvalue weighted by Gasteiger charge is -2.29. The minimum absolute atomic E-state index is 0.00354. The second-order valence-electron chi connectivity index (χ2n) is 23.1. The Labute approximate surface area is 449 Å². The van der Waals surface area contributed by atoms with E-state index < -0.39 is 20.0 Å². The van der Waals surface area contributed by atoms with Crippen LogP contribution in [0.4, 0.5) is 0 Å². The number of unbranched alkanes of at least 4 members (excludes halogenated alkanes) is 44. The number of phosphoric ester groups is 1. The molecule has 3 atom stereocenters. The number of amides is 1. The molecule has 0 saturated heterocycles. The van der Waals surface area contributed by atoms with E-state index in [2.05, 4.69) is 31.3 Å². The van der Waals surface area contributed by atoms with Crippen molar-refractivity contribution in [2.24, 2.45) is 0 Å². The highest BCUT2D eigenvalue weighted by Crippen LogP contribution is 2.38. The maximum atomic E-state index is 13.0. The Balaban J connectivity index is 4.15. The number of phosphoric acid groups is 1. The average Bonchev–Trinajstić information content (AvgIpc) is 3.34. The maximum Gasteiger partial charge on any atom is 0.268 e. The van der Waals surface area contributed by atoms with Crippen LogP contribution in [0.15, 0.2) is 24.3 Å². The molecule has 0 fully saturated rings. The first-order valence-electron chi connectivity index (χ1n) is 31.7. The number of aliphatic hydroxyl groups is 1. The number of rotatable bonds is 59. The molecular weight excluding hydrogens is 912 g/mol. The molecule has 0 aliphatic heterocycles. The zero-order valence-corrected chi connectivity index (χ0v) is 49.8. The molecule has 428 valence electrons. The van der Waals surface area contributed by atoms with Crippen molar-refractivity contribution in [2.75, 3.05) is 40.9 Å². The van der Waals surface area contributed by atoms with Crippen LogP contribution in [0.25, 0.3) is 0 Å². The predicted octanol–water partition coefficient (Wildman–Crippen LogP) is 18.9. The first kappa shape index (κ1) is 71.0. The van der Waals surface area contributed by atoms with Crippen LogP contribution in [0.5, 0.6) is 0 Å². The summed E-state index contributed by atoms with van der Waals surface area (Å²) in [5.41, 5.74) is 0. The summed E-state index contributed by atoms with van der Waals surface area (Å²) in [6, 6.07) is -0.901. The molecule has 0 saturated carbocycles. The molecule has 0 aliphatic rings. The SMILES string of the molecule is CCCCCCCCCCCCCCCCCCCCC/C=C/CC/C=C/C(O)C(COP(=O)([O-])OCC[N+](C)(C)C)NC(=O)CCCCCCCCCCCCCCCCCCCCCCCCCCC. The van der Waals surface area contributed by atoms with Gasteiger partial charge in [-0.2, -0.15) is 0 Å². The van der Waals surface area contributed by atoms with Gasteiger partial charge in [-0.15, -0.1) is 0 Å². The Morgan fingerprint density at radius 2 is 0.778 bits per heavy atom. The van der Waals surface area contributed by atoms with Crippen molar-refractivity contribution >= 4 is 13.7 Å². The summed E-state index contributed by atoms with van der Waals surface area (Å²) in [6.45, 7) is 4.69. The van der Waals surface area contributed by atoms with Gasteiger partial charge >= 0.3 is 0 Å². The normalized spacial score (nSPS) is 13.9. The van der Waals surface area contributed by atoms with Crippen LogP contribution in [0, 0.1) is 0 Å². The fraction of sp³-hybridized carbons (Fsp3) is 0.921. The minimum Gasteiger partial charge on any atom is -0.756 e. The molecule has 2 N–H and O–H groups in total. The van der Waals surface area contributed by atoms with Crippen LogP contribution >= 0.6 is 7.82 Å². The molecule has 0 aromatic rings. The molecule has 0 rings (SSSR count). The van der Waals surface area contributed by atoms with Crippen molar-refractivity contribution in [1.29, 1.82) is 0 Å². The topological polar surface area (TPSA) is 108 Å². The van der Waals surface area contributed by atoms with E-state index in [-0.39, 0.29) is 19.1 Å². The number of carbonyl (C=O) groups is 1. The van der Waals surface area contributed by atoms with E-state index in [1.54, 1.807) is 6.08 Å². The molecule has 1 amide bonds. The molecule has 0 heterocycles. The van der Waals surface area contributed by atoms with Gasteiger partial charge in [-0.3, -0.25) is 9.36 Å². The number of aliphatic hydroxyl groups excluding tert-OH is 1. The summed E-state index contributed by atoms with van der Waals surface area (Å²) in [7, 11) is 1.26. The average molecular weight is 1040 g/mol. The highest BCUT2D eigenvalue weighted by atomic mass is 31.2. The summed E-state index contributed by atoms with van der Waals surface area (Å²) in [4.78, 5) is 25.6.